The van der Waals surface area contributed by atoms with E-state index in [0.29, 0.717) is 39.2 Å². The van der Waals surface area contributed by atoms with Crippen molar-refractivity contribution >= 4 is 11.8 Å². The fraction of sp³-hybridized carbons (Fsp3) is 0.846. The largest absolute Gasteiger partial charge is 0.383 e. The van der Waals surface area contributed by atoms with Crippen molar-refractivity contribution < 1.29 is 14.3 Å². The molecule has 0 saturated carbocycles. The lowest BCUT2D eigenvalue weighted by molar-refractivity contribution is -0.132. The van der Waals surface area contributed by atoms with E-state index in [1.165, 1.54) is 0 Å². The van der Waals surface area contributed by atoms with Crippen LogP contribution in [0.25, 0.3) is 0 Å². The van der Waals surface area contributed by atoms with Crippen molar-refractivity contribution in [2.75, 3.05) is 53.0 Å². The van der Waals surface area contributed by atoms with E-state index in [1.807, 2.05) is 16.7 Å². The maximum atomic E-state index is 12.0. The van der Waals surface area contributed by atoms with E-state index in [-0.39, 0.29) is 11.8 Å². The Bertz CT molecular complexity index is 297. The fourth-order valence-corrected chi connectivity index (χ4v) is 2.12. The Balaban J connectivity index is 2.31. The molecule has 0 unspecified atom stereocenters. The van der Waals surface area contributed by atoms with Gasteiger partial charge in [-0.05, 0) is 6.42 Å². The van der Waals surface area contributed by atoms with Crippen LogP contribution in [-0.2, 0) is 14.3 Å². The monoisotopic (exact) mass is 271 g/mol. The molecule has 0 atom stereocenters. The van der Waals surface area contributed by atoms with Crippen LogP contribution in [-0.4, -0.2) is 74.6 Å². The molecule has 1 N–H and O–H groups in total. The first-order valence-electron chi connectivity index (χ1n) is 6.94. The molecule has 0 aromatic carbocycles. The lowest BCUT2D eigenvalue weighted by Crippen LogP contribution is -2.41. The second-order valence-electron chi connectivity index (χ2n) is 4.64. The van der Waals surface area contributed by atoms with Gasteiger partial charge in [-0.3, -0.25) is 9.59 Å². The summed E-state index contributed by atoms with van der Waals surface area (Å²) < 4.78 is 4.91. The normalized spacial score (nSPS) is 16.3. The molecule has 6 nitrogen and oxygen atoms in total. The Hall–Kier alpha value is -1.14. The van der Waals surface area contributed by atoms with Gasteiger partial charge in [0.25, 0.3) is 0 Å². The summed E-state index contributed by atoms with van der Waals surface area (Å²) in [6.07, 6.45) is 1.39. The van der Waals surface area contributed by atoms with Crippen molar-refractivity contribution in [1.29, 1.82) is 0 Å². The van der Waals surface area contributed by atoms with Gasteiger partial charge in [0.15, 0.2) is 0 Å². The topological polar surface area (TPSA) is 61.9 Å². The Kier molecular flexibility index (Phi) is 7.43. The molecule has 110 valence electrons. The van der Waals surface area contributed by atoms with Gasteiger partial charge in [-0.2, -0.15) is 0 Å². The summed E-state index contributed by atoms with van der Waals surface area (Å²) in [7, 11) is 1.64. The van der Waals surface area contributed by atoms with Gasteiger partial charge in [0, 0.05) is 46.3 Å². The quantitative estimate of drug-likeness (QED) is 0.673. The molecule has 0 aromatic rings. The lowest BCUT2D eigenvalue weighted by Gasteiger charge is -2.22. The maximum absolute atomic E-state index is 12.0. The van der Waals surface area contributed by atoms with E-state index >= 15 is 0 Å². The van der Waals surface area contributed by atoms with Crippen LogP contribution in [0.2, 0.25) is 0 Å². The van der Waals surface area contributed by atoms with Crippen LogP contribution in [0.3, 0.4) is 0 Å². The summed E-state index contributed by atoms with van der Waals surface area (Å²) in [4.78, 5) is 27.3. The highest BCUT2D eigenvalue weighted by Crippen LogP contribution is 2.05. The Morgan fingerprint density at radius 2 is 1.74 bits per heavy atom. The summed E-state index contributed by atoms with van der Waals surface area (Å²) in [5.41, 5.74) is 0. The number of carbonyl (C=O) groups excluding carboxylic acids is 2. The fourth-order valence-electron chi connectivity index (χ4n) is 2.12. The average molecular weight is 271 g/mol. The molecule has 0 bridgehead atoms. The number of ether oxygens (including phenoxy) is 1. The molecule has 6 heteroatoms. The molecule has 1 fully saturated rings. The number of hydrogen-bond donors (Lipinski definition) is 1. The highest BCUT2D eigenvalue weighted by atomic mass is 16.5. The third-order valence-corrected chi connectivity index (χ3v) is 3.26. The predicted molar refractivity (Wildman–Crippen MR) is 72.8 cm³/mol. The molecule has 1 rings (SSSR count). The standard InChI is InChI=1S/C13H25N3O3/c1-3-12(17)15-6-4-7-16(9-8-15)13(18)11-14-5-10-19-2/h14H,3-11H2,1-2H3. The molecule has 0 aromatic heterocycles. The second-order valence-corrected chi connectivity index (χ2v) is 4.64. The van der Waals surface area contributed by atoms with E-state index in [0.717, 1.165) is 19.5 Å². The Labute approximate surface area is 115 Å². The van der Waals surface area contributed by atoms with E-state index in [9.17, 15) is 9.59 Å². The first-order valence-corrected chi connectivity index (χ1v) is 6.94. The van der Waals surface area contributed by atoms with Gasteiger partial charge >= 0.3 is 0 Å². The van der Waals surface area contributed by atoms with Gasteiger partial charge in [-0.1, -0.05) is 6.92 Å². The van der Waals surface area contributed by atoms with Crippen molar-refractivity contribution in [2.45, 2.75) is 19.8 Å². The van der Waals surface area contributed by atoms with Crippen molar-refractivity contribution in [3.05, 3.63) is 0 Å². The predicted octanol–water partition coefficient (Wildman–Crippen LogP) is -0.307. The molecule has 1 saturated heterocycles. The van der Waals surface area contributed by atoms with Crippen LogP contribution in [0.4, 0.5) is 0 Å². The SMILES string of the molecule is CCC(=O)N1CCCN(C(=O)CNCCOC)CC1. The zero-order chi connectivity index (χ0) is 14.1. The summed E-state index contributed by atoms with van der Waals surface area (Å²) in [6, 6.07) is 0. The van der Waals surface area contributed by atoms with Crippen LogP contribution >= 0.6 is 0 Å². The first-order chi connectivity index (χ1) is 9.19. The first kappa shape index (κ1) is 15.9. The zero-order valence-electron chi connectivity index (χ0n) is 12.0. The molecule has 1 heterocycles. The minimum Gasteiger partial charge on any atom is -0.383 e. The van der Waals surface area contributed by atoms with Gasteiger partial charge in [0.2, 0.25) is 11.8 Å². The van der Waals surface area contributed by atoms with Crippen molar-refractivity contribution in [3.8, 4) is 0 Å². The van der Waals surface area contributed by atoms with Gasteiger partial charge in [-0.15, -0.1) is 0 Å². The summed E-state index contributed by atoms with van der Waals surface area (Å²) in [5, 5.41) is 3.05. The molecule has 1 aliphatic heterocycles. The number of nitrogens with one attached hydrogen (secondary N) is 1. The number of rotatable bonds is 6. The molecular formula is C13H25N3O3. The number of carbonyl (C=O) groups is 2. The van der Waals surface area contributed by atoms with Gasteiger partial charge in [0.05, 0.1) is 13.2 Å². The smallest absolute Gasteiger partial charge is 0.236 e. The average Bonchev–Trinajstić information content (AvgIpc) is 2.68. The molecule has 0 spiro atoms. The zero-order valence-corrected chi connectivity index (χ0v) is 12.0. The number of hydrogen-bond acceptors (Lipinski definition) is 4. The van der Waals surface area contributed by atoms with Gasteiger partial charge < -0.3 is 19.9 Å². The van der Waals surface area contributed by atoms with Crippen LogP contribution in [0, 0.1) is 0 Å². The van der Waals surface area contributed by atoms with Gasteiger partial charge in [0.1, 0.15) is 0 Å². The molecule has 0 radical (unpaired) electrons. The molecule has 1 aliphatic rings. The molecule has 19 heavy (non-hydrogen) atoms. The number of nitrogens with zero attached hydrogens (tertiary/aromatic N) is 2. The van der Waals surface area contributed by atoms with Crippen LogP contribution < -0.4 is 5.32 Å². The molecule has 0 aliphatic carbocycles. The molecule has 2 amide bonds. The van der Waals surface area contributed by atoms with Crippen LogP contribution in [0.5, 0.6) is 0 Å². The van der Waals surface area contributed by atoms with E-state index in [4.69, 9.17) is 4.74 Å². The third-order valence-electron chi connectivity index (χ3n) is 3.26. The summed E-state index contributed by atoms with van der Waals surface area (Å²) in [6.45, 7) is 6.27. The van der Waals surface area contributed by atoms with Crippen molar-refractivity contribution in [1.82, 2.24) is 15.1 Å². The highest BCUT2D eigenvalue weighted by molar-refractivity contribution is 5.79. The Morgan fingerprint density at radius 3 is 2.32 bits per heavy atom. The Morgan fingerprint density at radius 1 is 1.11 bits per heavy atom. The van der Waals surface area contributed by atoms with E-state index < -0.39 is 0 Å². The third kappa shape index (κ3) is 5.57. The minimum absolute atomic E-state index is 0.0990. The maximum Gasteiger partial charge on any atom is 0.236 e. The number of methoxy groups -OCH3 is 1. The lowest BCUT2D eigenvalue weighted by atomic mass is 10.3. The minimum atomic E-state index is 0.0990. The van der Waals surface area contributed by atoms with Crippen LogP contribution in [0.1, 0.15) is 19.8 Å². The van der Waals surface area contributed by atoms with E-state index in [1.54, 1.807) is 7.11 Å². The van der Waals surface area contributed by atoms with Crippen molar-refractivity contribution in [2.24, 2.45) is 0 Å². The van der Waals surface area contributed by atoms with Gasteiger partial charge in [-0.25, -0.2) is 0 Å². The highest BCUT2D eigenvalue weighted by Gasteiger charge is 2.20. The summed E-state index contributed by atoms with van der Waals surface area (Å²) >= 11 is 0. The van der Waals surface area contributed by atoms with E-state index in [2.05, 4.69) is 5.32 Å². The van der Waals surface area contributed by atoms with Crippen LogP contribution in [0.15, 0.2) is 0 Å². The number of amides is 2. The summed E-state index contributed by atoms with van der Waals surface area (Å²) in [5.74, 6) is 0.273. The second kappa shape index (κ2) is 8.87. The molecular weight excluding hydrogens is 246 g/mol. The van der Waals surface area contributed by atoms with Crippen molar-refractivity contribution in [3.63, 3.8) is 0 Å².